The fourth-order valence-electron chi connectivity index (χ4n) is 1.44. The fourth-order valence-corrected chi connectivity index (χ4v) is 1.44. The highest BCUT2D eigenvalue weighted by molar-refractivity contribution is 5.96. The van der Waals surface area contributed by atoms with Crippen molar-refractivity contribution < 1.29 is 14.7 Å². The maximum Gasteiger partial charge on any atom is 0.326 e. The van der Waals surface area contributed by atoms with Crippen molar-refractivity contribution >= 4 is 11.9 Å². The van der Waals surface area contributed by atoms with Crippen LogP contribution in [0.2, 0.25) is 0 Å². The Labute approximate surface area is 105 Å². The normalized spacial score (nSPS) is 11.8. The van der Waals surface area contributed by atoms with Crippen LogP contribution in [0, 0.1) is 0 Å². The largest absolute Gasteiger partial charge is 0.480 e. The number of hydrogen-bond acceptors (Lipinski definition) is 3. The van der Waals surface area contributed by atoms with Gasteiger partial charge in [0.15, 0.2) is 0 Å². The maximum absolute atomic E-state index is 11.8. The molecule has 0 saturated heterocycles. The number of rotatable bonds is 7. The summed E-state index contributed by atoms with van der Waals surface area (Å²) in [6.45, 7) is 6.09. The van der Waals surface area contributed by atoms with Gasteiger partial charge in [0.2, 0.25) is 0 Å². The van der Waals surface area contributed by atoms with Crippen molar-refractivity contribution in [2.24, 2.45) is 0 Å². The number of aliphatic carboxylic acids is 1. The van der Waals surface area contributed by atoms with Crippen LogP contribution in [0.4, 0.5) is 0 Å². The SMILES string of the molecule is C=CCCC(NC(=O)c1cnn(CC)c1)C(=O)O. The van der Waals surface area contributed by atoms with Gasteiger partial charge in [0.1, 0.15) is 6.04 Å². The zero-order chi connectivity index (χ0) is 13.5. The summed E-state index contributed by atoms with van der Waals surface area (Å²) >= 11 is 0. The van der Waals surface area contributed by atoms with E-state index < -0.39 is 17.9 Å². The second kappa shape index (κ2) is 6.58. The smallest absolute Gasteiger partial charge is 0.326 e. The first kappa shape index (κ1) is 14.0. The summed E-state index contributed by atoms with van der Waals surface area (Å²) in [6.07, 6.45) is 5.49. The molecule has 6 nitrogen and oxygen atoms in total. The molecule has 1 rings (SSSR count). The minimum atomic E-state index is -1.05. The van der Waals surface area contributed by atoms with E-state index in [1.807, 2.05) is 6.92 Å². The van der Waals surface area contributed by atoms with E-state index in [9.17, 15) is 9.59 Å². The Morgan fingerprint density at radius 3 is 2.89 bits per heavy atom. The molecule has 0 bridgehead atoms. The zero-order valence-electron chi connectivity index (χ0n) is 10.3. The van der Waals surface area contributed by atoms with Crippen LogP contribution in [0.1, 0.15) is 30.1 Å². The average molecular weight is 251 g/mol. The van der Waals surface area contributed by atoms with Gasteiger partial charge >= 0.3 is 5.97 Å². The number of nitrogens with one attached hydrogen (secondary N) is 1. The minimum absolute atomic E-state index is 0.326. The molecule has 1 heterocycles. The number of aryl methyl sites for hydroxylation is 1. The van der Waals surface area contributed by atoms with Gasteiger partial charge in [0.25, 0.3) is 5.91 Å². The lowest BCUT2D eigenvalue weighted by Gasteiger charge is -2.12. The number of allylic oxidation sites excluding steroid dienone is 1. The summed E-state index contributed by atoms with van der Waals surface area (Å²) in [5, 5.41) is 15.4. The molecule has 0 aromatic carbocycles. The van der Waals surface area contributed by atoms with Crippen molar-refractivity contribution in [1.82, 2.24) is 15.1 Å². The predicted molar refractivity (Wildman–Crippen MR) is 66.2 cm³/mol. The van der Waals surface area contributed by atoms with Crippen molar-refractivity contribution in [3.05, 3.63) is 30.6 Å². The number of carbonyl (C=O) groups excluding carboxylic acids is 1. The molecule has 1 unspecified atom stereocenters. The molecule has 0 radical (unpaired) electrons. The fraction of sp³-hybridized carbons (Fsp3) is 0.417. The van der Waals surface area contributed by atoms with E-state index in [0.717, 1.165) is 0 Å². The van der Waals surface area contributed by atoms with Crippen molar-refractivity contribution in [3.8, 4) is 0 Å². The molecule has 0 spiro atoms. The lowest BCUT2D eigenvalue weighted by molar-refractivity contribution is -0.139. The van der Waals surface area contributed by atoms with Crippen LogP contribution in [0.3, 0.4) is 0 Å². The van der Waals surface area contributed by atoms with E-state index in [1.54, 1.807) is 17.0 Å². The highest BCUT2D eigenvalue weighted by atomic mass is 16.4. The first-order valence-electron chi connectivity index (χ1n) is 5.75. The second-order valence-corrected chi connectivity index (χ2v) is 3.82. The van der Waals surface area contributed by atoms with Crippen molar-refractivity contribution in [2.75, 3.05) is 0 Å². The predicted octanol–water partition coefficient (Wildman–Crippen LogP) is 1.05. The molecule has 1 atom stereocenters. The summed E-state index contributed by atoms with van der Waals surface area (Å²) in [5.74, 6) is -1.47. The van der Waals surface area contributed by atoms with Crippen LogP contribution in [-0.4, -0.2) is 32.8 Å². The Morgan fingerprint density at radius 2 is 2.39 bits per heavy atom. The Balaban J connectivity index is 2.65. The van der Waals surface area contributed by atoms with E-state index in [4.69, 9.17) is 5.11 Å². The van der Waals surface area contributed by atoms with Crippen LogP contribution in [0.15, 0.2) is 25.0 Å². The van der Waals surface area contributed by atoms with Gasteiger partial charge in [0, 0.05) is 12.7 Å². The first-order valence-corrected chi connectivity index (χ1v) is 5.75. The molecule has 1 aromatic heterocycles. The molecule has 98 valence electrons. The molecule has 1 aromatic rings. The average Bonchev–Trinajstić information content (AvgIpc) is 2.82. The number of carboxylic acids is 1. The second-order valence-electron chi connectivity index (χ2n) is 3.82. The van der Waals surface area contributed by atoms with Gasteiger partial charge in [-0.2, -0.15) is 5.10 Å². The van der Waals surface area contributed by atoms with Gasteiger partial charge in [-0.15, -0.1) is 6.58 Å². The Bertz CT molecular complexity index is 440. The van der Waals surface area contributed by atoms with Crippen LogP contribution in [0.5, 0.6) is 0 Å². The number of nitrogens with zero attached hydrogens (tertiary/aromatic N) is 2. The lowest BCUT2D eigenvalue weighted by atomic mass is 10.1. The highest BCUT2D eigenvalue weighted by Crippen LogP contribution is 2.02. The molecule has 0 aliphatic heterocycles. The van der Waals surface area contributed by atoms with Crippen molar-refractivity contribution in [2.45, 2.75) is 32.4 Å². The standard InChI is InChI=1S/C12H17N3O3/c1-3-5-6-10(12(17)18)14-11(16)9-7-13-15(4-2)8-9/h3,7-8,10H,1,4-6H2,2H3,(H,14,16)(H,17,18). The van der Waals surface area contributed by atoms with E-state index in [-0.39, 0.29) is 0 Å². The summed E-state index contributed by atoms with van der Waals surface area (Å²) in [5.41, 5.74) is 0.363. The van der Waals surface area contributed by atoms with Crippen LogP contribution >= 0.6 is 0 Å². The molecule has 2 N–H and O–H groups in total. The number of carboxylic acid groups (broad SMARTS) is 1. The minimum Gasteiger partial charge on any atom is -0.480 e. The van der Waals surface area contributed by atoms with Gasteiger partial charge in [-0.3, -0.25) is 9.48 Å². The summed E-state index contributed by atoms with van der Waals surface area (Å²) in [7, 11) is 0. The van der Waals surface area contributed by atoms with Gasteiger partial charge < -0.3 is 10.4 Å². The summed E-state index contributed by atoms with van der Waals surface area (Å²) < 4.78 is 1.61. The monoisotopic (exact) mass is 251 g/mol. The Hall–Kier alpha value is -2.11. The first-order chi connectivity index (χ1) is 8.58. The van der Waals surface area contributed by atoms with Gasteiger partial charge in [-0.05, 0) is 19.8 Å². The molecule has 1 amide bonds. The topological polar surface area (TPSA) is 84.2 Å². The van der Waals surface area contributed by atoms with Crippen LogP contribution in [0.25, 0.3) is 0 Å². The number of hydrogen-bond donors (Lipinski definition) is 2. The number of aromatic nitrogens is 2. The maximum atomic E-state index is 11.8. The molecule has 0 saturated carbocycles. The third-order valence-electron chi connectivity index (χ3n) is 2.48. The van der Waals surface area contributed by atoms with Crippen molar-refractivity contribution in [1.29, 1.82) is 0 Å². The number of carbonyl (C=O) groups is 2. The van der Waals surface area contributed by atoms with Crippen LogP contribution in [-0.2, 0) is 11.3 Å². The van der Waals surface area contributed by atoms with E-state index in [0.29, 0.717) is 24.9 Å². The Kier molecular flexibility index (Phi) is 5.10. The molecular formula is C12H17N3O3. The third kappa shape index (κ3) is 3.73. The molecule has 0 aliphatic carbocycles. The Morgan fingerprint density at radius 1 is 1.67 bits per heavy atom. The molecular weight excluding hydrogens is 234 g/mol. The lowest BCUT2D eigenvalue weighted by Crippen LogP contribution is -2.40. The molecule has 18 heavy (non-hydrogen) atoms. The van der Waals surface area contributed by atoms with Gasteiger partial charge in [0.05, 0.1) is 11.8 Å². The number of amides is 1. The van der Waals surface area contributed by atoms with E-state index >= 15 is 0 Å². The quantitative estimate of drug-likeness (QED) is 0.709. The van der Waals surface area contributed by atoms with Gasteiger partial charge in [-0.1, -0.05) is 6.08 Å². The molecule has 6 heteroatoms. The summed E-state index contributed by atoms with van der Waals surface area (Å²) in [4.78, 5) is 22.8. The molecule has 0 fully saturated rings. The van der Waals surface area contributed by atoms with Crippen molar-refractivity contribution in [3.63, 3.8) is 0 Å². The zero-order valence-corrected chi connectivity index (χ0v) is 10.3. The summed E-state index contributed by atoms with van der Waals surface area (Å²) in [6, 6.07) is -0.902. The molecule has 0 aliphatic rings. The third-order valence-corrected chi connectivity index (χ3v) is 2.48. The van der Waals surface area contributed by atoms with Crippen LogP contribution < -0.4 is 5.32 Å². The van der Waals surface area contributed by atoms with E-state index in [1.165, 1.54) is 6.20 Å². The highest BCUT2D eigenvalue weighted by Gasteiger charge is 2.20. The van der Waals surface area contributed by atoms with Gasteiger partial charge in [-0.25, -0.2) is 4.79 Å². The van der Waals surface area contributed by atoms with E-state index in [2.05, 4.69) is 17.0 Å².